The average Bonchev–Trinajstić information content (AvgIpc) is 3.02. The minimum Gasteiger partial charge on any atom is -0.493 e. The van der Waals surface area contributed by atoms with Crippen LogP contribution in [0.5, 0.6) is 11.5 Å². The molecule has 26 heavy (non-hydrogen) atoms. The molecule has 0 unspecified atom stereocenters. The molecular formula is C16H12Cl2N6O2. The van der Waals surface area contributed by atoms with Crippen molar-refractivity contribution in [1.82, 2.24) is 24.9 Å². The molecule has 0 radical (unpaired) electrons. The number of hydrogen-bond acceptors (Lipinski definition) is 7. The number of anilines is 2. The summed E-state index contributed by atoms with van der Waals surface area (Å²) in [5, 5.41) is 4.32. The van der Waals surface area contributed by atoms with Gasteiger partial charge >= 0.3 is 0 Å². The number of H-pyrrole nitrogens is 1. The van der Waals surface area contributed by atoms with Crippen molar-refractivity contribution in [3.63, 3.8) is 0 Å². The maximum atomic E-state index is 6.10. The molecule has 0 saturated heterocycles. The van der Waals surface area contributed by atoms with E-state index in [1.165, 1.54) is 12.7 Å². The number of nitrogens with zero attached hydrogens (tertiary/aromatic N) is 4. The fraction of sp³-hybridized carbons (Fsp3) is 0.125. The van der Waals surface area contributed by atoms with Crippen LogP contribution >= 0.6 is 23.2 Å². The minimum atomic E-state index is 0.191. The summed E-state index contributed by atoms with van der Waals surface area (Å²) in [6.07, 6.45) is 2.73. The molecule has 3 aromatic heterocycles. The van der Waals surface area contributed by atoms with Crippen LogP contribution in [-0.4, -0.2) is 39.1 Å². The van der Waals surface area contributed by atoms with E-state index in [1.54, 1.807) is 14.2 Å². The summed E-state index contributed by atoms with van der Waals surface area (Å²) in [7, 11) is 3.17. The van der Waals surface area contributed by atoms with Crippen LogP contribution in [0.15, 0.2) is 24.8 Å². The van der Waals surface area contributed by atoms with Crippen LogP contribution in [0, 0.1) is 0 Å². The number of aromatic amines is 1. The Morgan fingerprint density at radius 1 is 0.923 bits per heavy atom. The molecule has 1 aromatic carbocycles. The molecule has 132 valence electrons. The lowest BCUT2D eigenvalue weighted by Crippen LogP contribution is -1.99. The van der Waals surface area contributed by atoms with E-state index in [0.29, 0.717) is 34.0 Å². The first-order valence-corrected chi connectivity index (χ1v) is 8.19. The Balaban J connectivity index is 1.92. The molecule has 2 N–H and O–H groups in total. The lowest BCUT2D eigenvalue weighted by molar-refractivity contribution is 0.356. The van der Waals surface area contributed by atoms with Crippen molar-refractivity contribution >= 4 is 56.6 Å². The number of ether oxygens (including phenoxy) is 2. The molecule has 0 aliphatic carbocycles. The van der Waals surface area contributed by atoms with Gasteiger partial charge in [-0.1, -0.05) is 23.2 Å². The Morgan fingerprint density at radius 3 is 2.27 bits per heavy atom. The largest absolute Gasteiger partial charge is 0.493 e. The van der Waals surface area contributed by atoms with Gasteiger partial charge in [0.2, 0.25) is 0 Å². The van der Waals surface area contributed by atoms with Gasteiger partial charge in [0, 0.05) is 11.5 Å². The molecule has 8 nitrogen and oxygen atoms in total. The van der Waals surface area contributed by atoms with Gasteiger partial charge in [0.1, 0.15) is 29.4 Å². The maximum Gasteiger partial charge on any atom is 0.162 e. The molecular weight excluding hydrogens is 379 g/mol. The fourth-order valence-electron chi connectivity index (χ4n) is 2.68. The van der Waals surface area contributed by atoms with Crippen LogP contribution < -0.4 is 14.8 Å². The van der Waals surface area contributed by atoms with E-state index in [4.69, 9.17) is 32.7 Å². The van der Waals surface area contributed by atoms with Gasteiger partial charge in [-0.05, 0) is 6.07 Å². The van der Waals surface area contributed by atoms with Gasteiger partial charge in [-0.2, -0.15) is 0 Å². The number of hydrogen-bond donors (Lipinski definition) is 2. The summed E-state index contributed by atoms with van der Waals surface area (Å²) in [6.45, 7) is 0. The Kier molecular flexibility index (Phi) is 4.14. The van der Waals surface area contributed by atoms with E-state index in [2.05, 4.69) is 30.2 Å². The van der Waals surface area contributed by atoms with Crippen LogP contribution in [0.4, 0.5) is 11.5 Å². The van der Waals surface area contributed by atoms with Crippen LogP contribution in [0.3, 0.4) is 0 Å². The Bertz CT molecular complexity index is 1110. The highest BCUT2D eigenvalue weighted by molar-refractivity contribution is 6.37. The highest BCUT2D eigenvalue weighted by atomic mass is 35.5. The normalized spacial score (nSPS) is 11.1. The third-order valence-electron chi connectivity index (χ3n) is 3.88. The topological polar surface area (TPSA) is 97.8 Å². The van der Waals surface area contributed by atoms with Crippen molar-refractivity contribution in [2.24, 2.45) is 0 Å². The van der Waals surface area contributed by atoms with E-state index >= 15 is 0 Å². The second kappa shape index (κ2) is 6.47. The van der Waals surface area contributed by atoms with Gasteiger partial charge in [0.05, 0.1) is 19.7 Å². The zero-order valence-electron chi connectivity index (χ0n) is 13.7. The third-order valence-corrected chi connectivity index (χ3v) is 4.46. The van der Waals surface area contributed by atoms with Crippen molar-refractivity contribution in [1.29, 1.82) is 0 Å². The van der Waals surface area contributed by atoms with Crippen molar-refractivity contribution in [3.8, 4) is 11.5 Å². The molecule has 0 saturated carbocycles. The highest BCUT2D eigenvalue weighted by Crippen LogP contribution is 2.37. The zero-order valence-corrected chi connectivity index (χ0v) is 15.2. The van der Waals surface area contributed by atoms with E-state index in [1.807, 2.05) is 12.1 Å². The van der Waals surface area contributed by atoms with Gasteiger partial charge in [-0.25, -0.2) is 19.9 Å². The summed E-state index contributed by atoms with van der Waals surface area (Å²) >= 11 is 12.2. The van der Waals surface area contributed by atoms with E-state index in [0.717, 1.165) is 10.9 Å². The van der Waals surface area contributed by atoms with Crippen LogP contribution in [0.25, 0.3) is 21.9 Å². The molecule has 0 atom stereocenters. The first-order valence-electron chi connectivity index (χ1n) is 7.43. The van der Waals surface area contributed by atoms with E-state index in [-0.39, 0.29) is 10.3 Å². The molecule has 0 fully saturated rings. The second-order valence-electron chi connectivity index (χ2n) is 5.28. The molecule has 3 heterocycles. The van der Waals surface area contributed by atoms with Crippen molar-refractivity contribution in [3.05, 3.63) is 35.1 Å². The summed E-state index contributed by atoms with van der Waals surface area (Å²) in [5.41, 5.74) is 2.57. The Hall–Kier alpha value is -2.84. The first-order chi connectivity index (χ1) is 12.6. The highest BCUT2D eigenvalue weighted by Gasteiger charge is 2.16. The van der Waals surface area contributed by atoms with Gasteiger partial charge < -0.3 is 19.8 Å². The third kappa shape index (κ3) is 2.63. The van der Waals surface area contributed by atoms with Gasteiger partial charge in [0.15, 0.2) is 27.6 Å². The number of benzene rings is 1. The molecule has 0 bridgehead atoms. The quantitative estimate of drug-likeness (QED) is 0.508. The van der Waals surface area contributed by atoms with Crippen molar-refractivity contribution < 1.29 is 9.47 Å². The van der Waals surface area contributed by atoms with Crippen molar-refractivity contribution in [2.75, 3.05) is 19.5 Å². The van der Waals surface area contributed by atoms with Crippen LogP contribution in [0.2, 0.25) is 10.3 Å². The molecule has 0 aliphatic heterocycles. The minimum absolute atomic E-state index is 0.191. The average molecular weight is 391 g/mol. The molecule has 4 aromatic rings. The predicted molar refractivity (Wildman–Crippen MR) is 99.8 cm³/mol. The SMILES string of the molecule is COc1cc2[nH]c3c(Nc4c(Cl)ncnc4Cl)ncnc3c2cc1OC. The summed E-state index contributed by atoms with van der Waals surface area (Å²) in [4.78, 5) is 19.8. The Morgan fingerprint density at radius 2 is 1.58 bits per heavy atom. The van der Waals surface area contributed by atoms with E-state index < -0.39 is 0 Å². The lowest BCUT2D eigenvalue weighted by Gasteiger charge is -2.08. The fourth-order valence-corrected chi connectivity index (χ4v) is 3.09. The van der Waals surface area contributed by atoms with Gasteiger partial charge in [-0.15, -0.1) is 0 Å². The standard InChI is InChI=1S/C16H12Cl2N6O2/c1-25-9-3-7-8(4-10(9)26-2)23-12-11(7)19-5-22-16(12)24-13-14(17)20-6-21-15(13)18/h3-6,23H,1-2H3,(H,19,22,24). The van der Waals surface area contributed by atoms with Crippen LogP contribution in [-0.2, 0) is 0 Å². The lowest BCUT2D eigenvalue weighted by atomic mass is 10.2. The van der Waals surface area contributed by atoms with Crippen LogP contribution in [0.1, 0.15) is 0 Å². The number of methoxy groups -OCH3 is 2. The van der Waals surface area contributed by atoms with Gasteiger partial charge in [0.25, 0.3) is 0 Å². The molecule has 0 amide bonds. The summed E-state index contributed by atoms with van der Waals surface area (Å²) in [5.74, 6) is 1.70. The smallest absolute Gasteiger partial charge is 0.162 e. The molecule has 0 aliphatic rings. The monoisotopic (exact) mass is 390 g/mol. The second-order valence-corrected chi connectivity index (χ2v) is 5.99. The zero-order chi connectivity index (χ0) is 18.3. The molecule has 10 heteroatoms. The first kappa shape index (κ1) is 16.6. The Labute approximate surface area is 157 Å². The molecule has 4 rings (SSSR count). The van der Waals surface area contributed by atoms with Crippen molar-refractivity contribution in [2.45, 2.75) is 0 Å². The number of rotatable bonds is 4. The summed E-state index contributed by atoms with van der Waals surface area (Å²) in [6, 6.07) is 3.70. The molecule has 0 spiro atoms. The maximum absolute atomic E-state index is 6.10. The number of aromatic nitrogens is 5. The number of fused-ring (bicyclic) bond motifs is 3. The van der Waals surface area contributed by atoms with E-state index in [9.17, 15) is 0 Å². The summed E-state index contributed by atoms with van der Waals surface area (Å²) < 4.78 is 10.7. The number of halogens is 2. The number of nitrogens with one attached hydrogen (secondary N) is 2. The predicted octanol–water partition coefficient (Wildman–Crippen LogP) is 3.97. The van der Waals surface area contributed by atoms with Gasteiger partial charge in [-0.3, -0.25) is 0 Å².